The molecule has 0 saturated heterocycles. The number of carbonyl (C=O) groups is 4. The average Bonchev–Trinajstić information content (AvgIpc) is 3.32. The Kier molecular flexibility index (Phi) is 7.50. The van der Waals surface area contributed by atoms with E-state index in [0.717, 1.165) is 5.56 Å². The number of hydrogen-bond donors (Lipinski definition) is 3. The van der Waals surface area contributed by atoms with E-state index in [-0.39, 0.29) is 18.0 Å². The molecule has 0 radical (unpaired) electrons. The maximum atomic E-state index is 12.2. The number of imide groups is 1. The Labute approximate surface area is 182 Å². The molecule has 8 nitrogen and oxygen atoms in total. The summed E-state index contributed by atoms with van der Waals surface area (Å²) in [6.07, 6.45) is 0. The van der Waals surface area contributed by atoms with Gasteiger partial charge in [-0.15, -0.1) is 11.3 Å². The largest absolute Gasteiger partial charge is 0.452 e. The minimum atomic E-state index is -0.763. The van der Waals surface area contributed by atoms with Crippen LogP contribution in [0.1, 0.15) is 25.6 Å². The second-order valence-electron chi connectivity index (χ2n) is 6.30. The van der Waals surface area contributed by atoms with Crippen LogP contribution in [0.2, 0.25) is 0 Å². The minimum Gasteiger partial charge on any atom is -0.452 e. The summed E-state index contributed by atoms with van der Waals surface area (Å²) in [7, 11) is 0. The Bertz CT molecular complexity index is 1070. The van der Waals surface area contributed by atoms with Gasteiger partial charge < -0.3 is 15.4 Å². The average molecular weight is 437 g/mol. The topological polar surface area (TPSA) is 114 Å². The van der Waals surface area contributed by atoms with Crippen LogP contribution in [0.15, 0.2) is 72.1 Å². The Morgan fingerprint density at radius 3 is 2.45 bits per heavy atom. The molecule has 3 aromatic rings. The summed E-state index contributed by atoms with van der Waals surface area (Å²) < 4.78 is 4.94. The van der Waals surface area contributed by atoms with Gasteiger partial charge in [-0.05, 0) is 35.2 Å². The van der Waals surface area contributed by atoms with Gasteiger partial charge >= 0.3 is 12.0 Å². The second-order valence-corrected chi connectivity index (χ2v) is 7.25. The highest BCUT2D eigenvalue weighted by Gasteiger charge is 2.14. The quantitative estimate of drug-likeness (QED) is 0.491. The fraction of sp³-hybridized carbons (Fsp3) is 0.0909. The lowest BCUT2D eigenvalue weighted by Crippen LogP contribution is -2.41. The van der Waals surface area contributed by atoms with Crippen molar-refractivity contribution >= 4 is 40.8 Å². The molecule has 0 aliphatic heterocycles. The van der Waals surface area contributed by atoms with Crippen LogP contribution in [-0.4, -0.2) is 30.4 Å². The van der Waals surface area contributed by atoms with Crippen molar-refractivity contribution in [3.05, 3.63) is 88.1 Å². The number of hydrogen-bond acceptors (Lipinski definition) is 6. The normalized spacial score (nSPS) is 10.1. The number of thiophene rings is 1. The first-order valence-electron chi connectivity index (χ1n) is 9.25. The van der Waals surface area contributed by atoms with Gasteiger partial charge in [0.15, 0.2) is 6.61 Å². The van der Waals surface area contributed by atoms with E-state index in [0.29, 0.717) is 10.6 Å². The van der Waals surface area contributed by atoms with Gasteiger partial charge in [-0.2, -0.15) is 0 Å². The van der Waals surface area contributed by atoms with Gasteiger partial charge in [0.25, 0.3) is 11.8 Å². The van der Waals surface area contributed by atoms with Gasteiger partial charge in [-0.1, -0.05) is 42.5 Å². The molecular weight excluding hydrogens is 418 g/mol. The Morgan fingerprint density at radius 1 is 0.903 bits per heavy atom. The molecule has 0 aliphatic rings. The van der Waals surface area contributed by atoms with E-state index in [1.54, 1.807) is 29.6 Å². The van der Waals surface area contributed by atoms with Gasteiger partial charge in [-0.25, -0.2) is 9.59 Å². The number of benzene rings is 2. The van der Waals surface area contributed by atoms with Crippen molar-refractivity contribution < 1.29 is 23.9 Å². The molecular formula is C22H19N3O5S. The van der Waals surface area contributed by atoms with Crippen molar-refractivity contribution in [1.82, 2.24) is 10.6 Å². The summed E-state index contributed by atoms with van der Waals surface area (Å²) in [5, 5.41) is 9.10. The molecule has 31 heavy (non-hydrogen) atoms. The number of amides is 4. The van der Waals surface area contributed by atoms with Crippen molar-refractivity contribution in [2.75, 3.05) is 11.9 Å². The maximum Gasteiger partial charge on any atom is 0.338 e. The fourth-order valence-corrected chi connectivity index (χ4v) is 3.14. The molecule has 1 aromatic heterocycles. The summed E-state index contributed by atoms with van der Waals surface area (Å²) >= 11 is 1.30. The molecule has 1 heterocycles. The van der Waals surface area contributed by atoms with Crippen molar-refractivity contribution in [3.8, 4) is 0 Å². The molecule has 0 bridgehead atoms. The second kappa shape index (κ2) is 10.7. The lowest BCUT2D eigenvalue weighted by Gasteiger charge is -2.09. The monoisotopic (exact) mass is 437 g/mol. The van der Waals surface area contributed by atoms with Crippen LogP contribution in [0, 0.1) is 0 Å². The molecule has 2 aromatic carbocycles. The van der Waals surface area contributed by atoms with E-state index in [4.69, 9.17) is 4.74 Å². The van der Waals surface area contributed by atoms with Crippen molar-refractivity contribution in [2.45, 2.75) is 6.54 Å². The third-order valence-electron chi connectivity index (χ3n) is 3.98. The van der Waals surface area contributed by atoms with Gasteiger partial charge in [0.05, 0.1) is 10.4 Å². The van der Waals surface area contributed by atoms with E-state index in [1.807, 2.05) is 30.3 Å². The summed E-state index contributed by atoms with van der Waals surface area (Å²) in [6.45, 7) is -0.368. The first kappa shape index (κ1) is 21.7. The van der Waals surface area contributed by atoms with Gasteiger partial charge in [0, 0.05) is 12.2 Å². The number of anilines is 1. The summed E-state index contributed by atoms with van der Waals surface area (Å²) in [4.78, 5) is 48.4. The lowest BCUT2D eigenvalue weighted by molar-refractivity contribution is -0.123. The van der Waals surface area contributed by atoms with E-state index in [1.165, 1.54) is 23.5 Å². The number of rotatable bonds is 7. The highest BCUT2D eigenvalue weighted by atomic mass is 32.1. The first-order chi connectivity index (χ1) is 15.0. The van der Waals surface area contributed by atoms with Gasteiger partial charge in [0.1, 0.15) is 0 Å². The van der Waals surface area contributed by atoms with Gasteiger partial charge in [-0.3, -0.25) is 14.9 Å². The third-order valence-corrected chi connectivity index (χ3v) is 4.85. The van der Waals surface area contributed by atoms with Crippen LogP contribution in [0.4, 0.5) is 10.5 Å². The smallest absolute Gasteiger partial charge is 0.338 e. The van der Waals surface area contributed by atoms with E-state index >= 15 is 0 Å². The van der Waals surface area contributed by atoms with Crippen molar-refractivity contribution in [2.24, 2.45) is 0 Å². The van der Waals surface area contributed by atoms with Crippen LogP contribution in [0.5, 0.6) is 0 Å². The number of esters is 1. The summed E-state index contributed by atoms with van der Waals surface area (Å²) in [6, 6.07) is 18.1. The molecule has 4 amide bonds. The molecule has 0 fully saturated rings. The van der Waals surface area contributed by atoms with Gasteiger partial charge in [0.2, 0.25) is 0 Å². The van der Waals surface area contributed by atoms with Crippen molar-refractivity contribution in [1.29, 1.82) is 0 Å². The molecule has 0 spiro atoms. The zero-order valence-electron chi connectivity index (χ0n) is 16.3. The fourth-order valence-electron chi connectivity index (χ4n) is 2.52. The Morgan fingerprint density at radius 2 is 1.71 bits per heavy atom. The number of carbonyl (C=O) groups excluding carboxylic acids is 4. The highest BCUT2D eigenvalue weighted by molar-refractivity contribution is 7.12. The van der Waals surface area contributed by atoms with Crippen LogP contribution < -0.4 is 16.0 Å². The molecule has 3 N–H and O–H groups in total. The zero-order valence-corrected chi connectivity index (χ0v) is 17.1. The molecule has 158 valence electrons. The van der Waals surface area contributed by atoms with Crippen LogP contribution in [0.25, 0.3) is 0 Å². The van der Waals surface area contributed by atoms with E-state index < -0.39 is 24.5 Å². The minimum absolute atomic E-state index is 0.158. The van der Waals surface area contributed by atoms with Crippen LogP contribution in [0.3, 0.4) is 0 Å². The first-order valence-corrected chi connectivity index (χ1v) is 10.1. The summed E-state index contributed by atoms with van der Waals surface area (Å²) in [5.74, 6) is -1.81. The Hall–Kier alpha value is -3.98. The standard InChI is InChI=1S/C22H19N3O5S/c26-19(25-22(29)23-13-15-6-2-1-3-7-15)14-30-21(28)16-8-4-9-17(12-16)24-20(27)18-10-5-11-31-18/h1-12H,13-14H2,(H,24,27)(H2,23,25,26,29). The predicted octanol–water partition coefficient (Wildman–Crippen LogP) is 3.18. The number of urea groups is 1. The lowest BCUT2D eigenvalue weighted by atomic mass is 10.2. The summed E-state index contributed by atoms with van der Waals surface area (Å²) in [5.41, 5.74) is 1.45. The number of ether oxygens (including phenoxy) is 1. The SMILES string of the molecule is O=C(COC(=O)c1cccc(NC(=O)c2cccs2)c1)NC(=O)NCc1ccccc1. The van der Waals surface area contributed by atoms with E-state index in [2.05, 4.69) is 16.0 Å². The van der Waals surface area contributed by atoms with Crippen LogP contribution >= 0.6 is 11.3 Å². The van der Waals surface area contributed by atoms with E-state index in [9.17, 15) is 19.2 Å². The maximum absolute atomic E-state index is 12.2. The number of nitrogens with one attached hydrogen (secondary N) is 3. The third kappa shape index (κ3) is 6.79. The Balaban J connectivity index is 1.45. The highest BCUT2D eigenvalue weighted by Crippen LogP contribution is 2.15. The molecule has 9 heteroatoms. The molecule has 0 saturated carbocycles. The molecule has 0 unspecified atom stereocenters. The molecule has 0 aliphatic carbocycles. The zero-order chi connectivity index (χ0) is 22.1. The van der Waals surface area contributed by atoms with Crippen LogP contribution in [-0.2, 0) is 16.1 Å². The predicted molar refractivity (Wildman–Crippen MR) is 116 cm³/mol. The van der Waals surface area contributed by atoms with Crippen molar-refractivity contribution in [3.63, 3.8) is 0 Å². The molecule has 0 atom stereocenters. The molecule has 3 rings (SSSR count).